The van der Waals surface area contributed by atoms with Gasteiger partial charge in [0.1, 0.15) is 0 Å². The third kappa shape index (κ3) is 3.18. The molecule has 1 heterocycles. The summed E-state index contributed by atoms with van der Waals surface area (Å²) in [4.78, 5) is 25.7. The zero-order valence-electron chi connectivity index (χ0n) is 12.1. The predicted molar refractivity (Wildman–Crippen MR) is 78.0 cm³/mol. The molecule has 0 spiro atoms. The zero-order valence-corrected chi connectivity index (χ0v) is 12.1. The van der Waals surface area contributed by atoms with Gasteiger partial charge in [0.25, 0.3) is 0 Å². The molecule has 2 unspecified atom stereocenters. The molecule has 1 aromatic rings. The molecule has 4 heteroatoms. The Bertz CT molecular complexity index is 473. The fraction of sp³-hybridized carbons (Fsp3) is 0.500. The molecule has 20 heavy (non-hydrogen) atoms. The van der Waals surface area contributed by atoms with Crippen molar-refractivity contribution in [2.75, 3.05) is 13.1 Å². The molecule has 0 aliphatic carbocycles. The molecule has 2 rings (SSSR count). The van der Waals surface area contributed by atoms with Crippen LogP contribution in [0.4, 0.5) is 0 Å². The molecular weight excluding hydrogens is 252 g/mol. The highest BCUT2D eigenvalue weighted by atomic mass is 16.2. The minimum atomic E-state index is -0.0844. The summed E-state index contributed by atoms with van der Waals surface area (Å²) < 4.78 is 0. The fourth-order valence-corrected chi connectivity index (χ4v) is 2.87. The van der Waals surface area contributed by atoms with E-state index in [4.69, 9.17) is 0 Å². The van der Waals surface area contributed by atoms with Gasteiger partial charge in [0.15, 0.2) is 0 Å². The fourth-order valence-electron chi connectivity index (χ4n) is 2.87. The van der Waals surface area contributed by atoms with Gasteiger partial charge in [0.2, 0.25) is 11.8 Å². The summed E-state index contributed by atoms with van der Waals surface area (Å²) in [6, 6.07) is 10.1. The summed E-state index contributed by atoms with van der Waals surface area (Å²) in [6.45, 7) is 4.64. The Morgan fingerprint density at radius 3 is 2.55 bits per heavy atom. The lowest BCUT2D eigenvalue weighted by Crippen LogP contribution is -2.46. The van der Waals surface area contributed by atoms with Crippen molar-refractivity contribution in [3.8, 4) is 0 Å². The van der Waals surface area contributed by atoms with E-state index in [1.54, 1.807) is 6.92 Å². The maximum Gasteiger partial charge on any atom is 0.224 e. The normalized spacial score (nSPS) is 22.4. The highest BCUT2D eigenvalue weighted by Crippen LogP contribution is 2.33. The summed E-state index contributed by atoms with van der Waals surface area (Å²) >= 11 is 0. The van der Waals surface area contributed by atoms with E-state index in [1.165, 1.54) is 0 Å². The summed E-state index contributed by atoms with van der Waals surface area (Å²) in [7, 11) is 0. The standard InChI is InChI=1S/C16H22N2O2/c1-3-17-16(20)14-9-10-15(18(11-14)12(2)19)13-7-5-4-6-8-13/h4-8,14-15H,3,9-11H2,1-2H3,(H,17,20). The number of rotatable bonds is 3. The first kappa shape index (κ1) is 14.6. The summed E-state index contributed by atoms with van der Waals surface area (Å²) in [5.41, 5.74) is 1.15. The molecule has 0 aromatic heterocycles. The van der Waals surface area contributed by atoms with Crippen molar-refractivity contribution < 1.29 is 9.59 Å². The number of carbonyl (C=O) groups excluding carboxylic acids is 2. The van der Waals surface area contributed by atoms with Gasteiger partial charge in [-0.1, -0.05) is 30.3 Å². The third-order valence-electron chi connectivity index (χ3n) is 3.89. The molecule has 2 atom stereocenters. The van der Waals surface area contributed by atoms with E-state index in [-0.39, 0.29) is 23.8 Å². The van der Waals surface area contributed by atoms with Crippen molar-refractivity contribution >= 4 is 11.8 Å². The predicted octanol–water partition coefficient (Wildman–Crippen LogP) is 2.12. The number of benzene rings is 1. The molecule has 1 N–H and O–H groups in total. The summed E-state index contributed by atoms with van der Waals surface area (Å²) in [6.07, 6.45) is 1.67. The molecule has 0 bridgehead atoms. The van der Waals surface area contributed by atoms with Gasteiger partial charge in [-0.15, -0.1) is 0 Å². The maximum atomic E-state index is 12.0. The second-order valence-electron chi connectivity index (χ2n) is 5.27. The second kappa shape index (κ2) is 6.55. The summed E-state index contributed by atoms with van der Waals surface area (Å²) in [5.74, 6) is 0.0110. The first-order valence-electron chi connectivity index (χ1n) is 7.23. The average Bonchev–Trinajstić information content (AvgIpc) is 2.47. The Labute approximate surface area is 120 Å². The van der Waals surface area contributed by atoms with E-state index in [0.717, 1.165) is 18.4 Å². The Morgan fingerprint density at radius 1 is 1.25 bits per heavy atom. The summed E-state index contributed by atoms with van der Waals surface area (Å²) in [5, 5.41) is 2.85. The van der Waals surface area contributed by atoms with Crippen LogP contribution >= 0.6 is 0 Å². The number of hydrogen-bond acceptors (Lipinski definition) is 2. The van der Waals surface area contributed by atoms with Crippen LogP contribution in [0.2, 0.25) is 0 Å². The Hall–Kier alpha value is -1.84. The molecule has 1 fully saturated rings. The van der Waals surface area contributed by atoms with Crippen molar-refractivity contribution in [2.24, 2.45) is 5.92 Å². The minimum Gasteiger partial charge on any atom is -0.356 e. The number of hydrogen-bond donors (Lipinski definition) is 1. The number of likely N-dealkylation sites (tertiary alicyclic amines) is 1. The van der Waals surface area contributed by atoms with Gasteiger partial charge in [-0.05, 0) is 25.3 Å². The van der Waals surface area contributed by atoms with Gasteiger partial charge in [-0.25, -0.2) is 0 Å². The second-order valence-corrected chi connectivity index (χ2v) is 5.27. The van der Waals surface area contributed by atoms with Crippen LogP contribution in [0.5, 0.6) is 0 Å². The molecule has 1 aromatic carbocycles. The lowest BCUT2D eigenvalue weighted by Gasteiger charge is -2.39. The van der Waals surface area contributed by atoms with Gasteiger partial charge in [-0.2, -0.15) is 0 Å². The van der Waals surface area contributed by atoms with Crippen LogP contribution in [-0.2, 0) is 9.59 Å². The molecule has 1 aliphatic heterocycles. The van der Waals surface area contributed by atoms with E-state index >= 15 is 0 Å². The molecular formula is C16H22N2O2. The number of amides is 2. The molecule has 108 valence electrons. The number of nitrogens with one attached hydrogen (secondary N) is 1. The molecule has 1 saturated heterocycles. The molecule has 1 aliphatic rings. The SMILES string of the molecule is CCNC(=O)C1CCC(c2ccccc2)N(C(C)=O)C1. The lowest BCUT2D eigenvalue weighted by molar-refractivity contribution is -0.137. The van der Waals surface area contributed by atoms with Crippen molar-refractivity contribution in [3.05, 3.63) is 35.9 Å². The molecule has 0 saturated carbocycles. The van der Waals surface area contributed by atoms with Gasteiger partial charge < -0.3 is 10.2 Å². The highest BCUT2D eigenvalue weighted by molar-refractivity contribution is 5.80. The molecule has 4 nitrogen and oxygen atoms in total. The van der Waals surface area contributed by atoms with Gasteiger partial charge in [0.05, 0.1) is 12.0 Å². The quantitative estimate of drug-likeness (QED) is 0.918. The lowest BCUT2D eigenvalue weighted by atomic mass is 9.88. The third-order valence-corrected chi connectivity index (χ3v) is 3.89. The van der Waals surface area contributed by atoms with Crippen molar-refractivity contribution in [1.82, 2.24) is 10.2 Å². The van der Waals surface area contributed by atoms with Gasteiger partial charge in [-0.3, -0.25) is 9.59 Å². The Balaban J connectivity index is 2.13. The van der Waals surface area contributed by atoms with E-state index in [1.807, 2.05) is 42.2 Å². The van der Waals surface area contributed by atoms with E-state index < -0.39 is 0 Å². The van der Waals surface area contributed by atoms with Crippen LogP contribution in [0.1, 0.15) is 38.3 Å². The Morgan fingerprint density at radius 2 is 1.95 bits per heavy atom. The minimum absolute atomic E-state index is 0.0350. The van der Waals surface area contributed by atoms with Crippen LogP contribution in [0.3, 0.4) is 0 Å². The van der Waals surface area contributed by atoms with Gasteiger partial charge >= 0.3 is 0 Å². The van der Waals surface area contributed by atoms with Crippen LogP contribution < -0.4 is 5.32 Å². The maximum absolute atomic E-state index is 12.0. The number of carbonyl (C=O) groups is 2. The topological polar surface area (TPSA) is 49.4 Å². The van der Waals surface area contributed by atoms with Crippen LogP contribution in [-0.4, -0.2) is 29.8 Å². The van der Waals surface area contributed by atoms with E-state index in [2.05, 4.69) is 5.32 Å². The largest absolute Gasteiger partial charge is 0.356 e. The van der Waals surface area contributed by atoms with E-state index in [0.29, 0.717) is 13.1 Å². The van der Waals surface area contributed by atoms with Crippen LogP contribution in [0, 0.1) is 5.92 Å². The molecule has 0 radical (unpaired) electrons. The van der Waals surface area contributed by atoms with Gasteiger partial charge in [0, 0.05) is 20.0 Å². The monoisotopic (exact) mass is 274 g/mol. The zero-order chi connectivity index (χ0) is 14.5. The highest BCUT2D eigenvalue weighted by Gasteiger charge is 2.33. The van der Waals surface area contributed by atoms with Crippen LogP contribution in [0.25, 0.3) is 0 Å². The van der Waals surface area contributed by atoms with Crippen molar-refractivity contribution in [1.29, 1.82) is 0 Å². The van der Waals surface area contributed by atoms with Crippen molar-refractivity contribution in [3.63, 3.8) is 0 Å². The molecule has 2 amide bonds. The van der Waals surface area contributed by atoms with Crippen molar-refractivity contribution in [2.45, 2.75) is 32.7 Å². The first-order chi connectivity index (χ1) is 9.63. The Kier molecular flexibility index (Phi) is 4.77. The smallest absolute Gasteiger partial charge is 0.224 e. The average molecular weight is 274 g/mol. The van der Waals surface area contributed by atoms with E-state index in [9.17, 15) is 9.59 Å². The number of nitrogens with zero attached hydrogens (tertiary/aromatic N) is 1. The first-order valence-corrected chi connectivity index (χ1v) is 7.23. The van der Waals surface area contributed by atoms with Crippen LogP contribution in [0.15, 0.2) is 30.3 Å². The number of piperidine rings is 1.